The fraction of sp³-hybridized carbons (Fsp3) is 0.200. The van der Waals surface area contributed by atoms with E-state index >= 15 is 0 Å². The molecule has 0 amide bonds. The minimum atomic E-state index is 0.122. The van der Waals surface area contributed by atoms with Crippen molar-refractivity contribution in [2.75, 3.05) is 5.32 Å². The fourth-order valence-electron chi connectivity index (χ4n) is 1.66. The Morgan fingerprint density at radius 1 is 1.17 bits per heavy atom. The zero-order chi connectivity index (χ0) is 12.8. The molecule has 0 atom stereocenters. The Balaban J connectivity index is 1.97. The van der Waals surface area contributed by atoms with Crippen molar-refractivity contribution in [2.45, 2.75) is 19.9 Å². The summed E-state index contributed by atoms with van der Waals surface area (Å²) in [6, 6.07) is 13.8. The molecule has 0 aliphatic heterocycles. The van der Waals surface area contributed by atoms with Crippen LogP contribution in [0.5, 0.6) is 0 Å². The van der Waals surface area contributed by atoms with Crippen molar-refractivity contribution in [2.24, 2.45) is 0 Å². The van der Waals surface area contributed by atoms with Gasteiger partial charge in [-0.3, -0.25) is 4.79 Å². The first kappa shape index (κ1) is 12.3. The lowest BCUT2D eigenvalue weighted by Gasteiger charge is -2.06. The molecule has 0 aliphatic rings. The van der Waals surface area contributed by atoms with Gasteiger partial charge in [0.05, 0.1) is 0 Å². The SMILES string of the molecule is CCC(=O)c1ccc(NCc2ccccc2)nc1. The summed E-state index contributed by atoms with van der Waals surface area (Å²) in [5, 5.41) is 3.22. The van der Waals surface area contributed by atoms with Crippen LogP contribution in [0.2, 0.25) is 0 Å². The third kappa shape index (κ3) is 3.17. The summed E-state index contributed by atoms with van der Waals surface area (Å²) >= 11 is 0. The fourth-order valence-corrected chi connectivity index (χ4v) is 1.66. The number of nitrogens with one attached hydrogen (secondary N) is 1. The number of nitrogens with zero attached hydrogens (tertiary/aromatic N) is 1. The molecule has 0 unspecified atom stereocenters. The predicted molar refractivity (Wildman–Crippen MR) is 72.6 cm³/mol. The lowest BCUT2D eigenvalue weighted by molar-refractivity contribution is 0.0988. The van der Waals surface area contributed by atoms with Gasteiger partial charge in [0.2, 0.25) is 0 Å². The van der Waals surface area contributed by atoms with E-state index in [0.717, 1.165) is 12.4 Å². The highest BCUT2D eigenvalue weighted by Gasteiger charge is 2.03. The highest BCUT2D eigenvalue weighted by atomic mass is 16.1. The predicted octanol–water partition coefficient (Wildman–Crippen LogP) is 3.29. The molecule has 1 aromatic heterocycles. The summed E-state index contributed by atoms with van der Waals surface area (Å²) in [7, 11) is 0. The van der Waals surface area contributed by atoms with Gasteiger partial charge in [-0.15, -0.1) is 0 Å². The summed E-state index contributed by atoms with van der Waals surface area (Å²) in [5.74, 6) is 0.906. The van der Waals surface area contributed by atoms with Crippen LogP contribution in [0.1, 0.15) is 29.3 Å². The molecule has 0 bridgehead atoms. The molecular weight excluding hydrogens is 224 g/mol. The van der Waals surface area contributed by atoms with E-state index in [-0.39, 0.29) is 5.78 Å². The Kier molecular flexibility index (Phi) is 4.07. The first-order valence-corrected chi connectivity index (χ1v) is 6.06. The van der Waals surface area contributed by atoms with Crippen LogP contribution >= 0.6 is 0 Å². The highest BCUT2D eigenvalue weighted by Crippen LogP contribution is 2.09. The molecule has 0 saturated heterocycles. The lowest BCUT2D eigenvalue weighted by atomic mass is 10.1. The molecule has 0 spiro atoms. The Morgan fingerprint density at radius 3 is 2.56 bits per heavy atom. The number of carbonyl (C=O) groups excluding carboxylic acids is 1. The van der Waals surface area contributed by atoms with E-state index in [9.17, 15) is 4.79 Å². The lowest BCUT2D eigenvalue weighted by Crippen LogP contribution is -2.03. The third-order valence-corrected chi connectivity index (χ3v) is 2.72. The summed E-state index contributed by atoms with van der Waals surface area (Å²) in [5.41, 5.74) is 1.87. The van der Waals surface area contributed by atoms with Crippen LogP contribution in [0.25, 0.3) is 0 Å². The van der Waals surface area contributed by atoms with Crippen molar-refractivity contribution >= 4 is 11.6 Å². The number of hydrogen-bond acceptors (Lipinski definition) is 3. The van der Waals surface area contributed by atoms with Gasteiger partial charge in [-0.2, -0.15) is 0 Å². The second-order valence-corrected chi connectivity index (χ2v) is 4.05. The molecule has 2 rings (SSSR count). The molecular formula is C15H16N2O. The smallest absolute Gasteiger partial charge is 0.164 e. The average Bonchev–Trinajstić information content (AvgIpc) is 2.46. The summed E-state index contributed by atoms with van der Waals surface area (Å²) in [4.78, 5) is 15.7. The molecule has 18 heavy (non-hydrogen) atoms. The number of rotatable bonds is 5. The Morgan fingerprint density at radius 2 is 1.94 bits per heavy atom. The van der Waals surface area contributed by atoms with Gasteiger partial charge in [-0.25, -0.2) is 4.98 Å². The molecule has 1 heterocycles. The first-order chi connectivity index (χ1) is 8.79. The average molecular weight is 240 g/mol. The summed E-state index contributed by atoms with van der Waals surface area (Å²) in [6.07, 6.45) is 2.14. The standard InChI is InChI=1S/C15H16N2O/c1-2-14(18)13-8-9-15(17-11-13)16-10-12-6-4-3-5-7-12/h3-9,11H,2,10H2,1H3,(H,16,17). The Labute approximate surface area is 107 Å². The number of benzene rings is 1. The van der Waals surface area contributed by atoms with Gasteiger partial charge in [-0.05, 0) is 17.7 Å². The van der Waals surface area contributed by atoms with Gasteiger partial charge in [0.25, 0.3) is 0 Å². The van der Waals surface area contributed by atoms with E-state index in [0.29, 0.717) is 12.0 Å². The first-order valence-electron chi connectivity index (χ1n) is 6.06. The molecule has 2 aromatic rings. The molecule has 3 nitrogen and oxygen atoms in total. The van der Waals surface area contributed by atoms with Crippen LogP contribution in [0, 0.1) is 0 Å². The van der Waals surface area contributed by atoms with Crippen LogP contribution < -0.4 is 5.32 Å². The van der Waals surface area contributed by atoms with Gasteiger partial charge in [-0.1, -0.05) is 37.3 Å². The highest BCUT2D eigenvalue weighted by molar-refractivity contribution is 5.95. The van der Waals surface area contributed by atoms with Crippen molar-refractivity contribution in [1.29, 1.82) is 0 Å². The van der Waals surface area contributed by atoms with Crippen molar-refractivity contribution in [3.8, 4) is 0 Å². The number of anilines is 1. The number of hydrogen-bond donors (Lipinski definition) is 1. The second-order valence-electron chi connectivity index (χ2n) is 4.05. The molecule has 1 aromatic carbocycles. The molecule has 0 radical (unpaired) electrons. The zero-order valence-corrected chi connectivity index (χ0v) is 10.4. The van der Waals surface area contributed by atoms with Gasteiger partial charge >= 0.3 is 0 Å². The van der Waals surface area contributed by atoms with Crippen molar-refractivity contribution < 1.29 is 4.79 Å². The molecule has 0 saturated carbocycles. The number of Topliss-reactive ketones (excluding diaryl/α,β-unsaturated/α-hetero) is 1. The largest absolute Gasteiger partial charge is 0.366 e. The molecule has 0 fully saturated rings. The van der Waals surface area contributed by atoms with Crippen molar-refractivity contribution in [1.82, 2.24) is 4.98 Å². The van der Waals surface area contributed by atoms with Gasteiger partial charge < -0.3 is 5.32 Å². The number of aromatic nitrogens is 1. The maximum atomic E-state index is 11.4. The van der Waals surface area contributed by atoms with E-state index in [1.165, 1.54) is 5.56 Å². The Hall–Kier alpha value is -2.16. The number of ketones is 1. The van der Waals surface area contributed by atoms with Gasteiger partial charge in [0.15, 0.2) is 5.78 Å². The van der Waals surface area contributed by atoms with E-state index in [4.69, 9.17) is 0 Å². The minimum Gasteiger partial charge on any atom is -0.366 e. The van der Waals surface area contributed by atoms with Crippen molar-refractivity contribution in [3.05, 3.63) is 59.8 Å². The van der Waals surface area contributed by atoms with E-state index in [2.05, 4.69) is 22.4 Å². The second kappa shape index (κ2) is 5.96. The summed E-state index contributed by atoms with van der Waals surface area (Å²) in [6.45, 7) is 2.58. The van der Waals surface area contributed by atoms with Crippen LogP contribution in [0.3, 0.4) is 0 Å². The van der Waals surface area contributed by atoms with Gasteiger partial charge in [0, 0.05) is 24.7 Å². The van der Waals surface area contributed by atoms with Crippen LogP contribution in [0.15, 0.2) is 48.7 Å². The number of carbonyl (C=O) groups is 1. The molecule has 0 aliphatic carbocycles. The Bertz CT molecular complexity index is 506. The molecule has 3 heteroatoms. The van der Waals surface area contributed by atoms with E-state index < -0.39 is 0 Å². The third-order valence-electron chi connectivity index (χ3n) is 2.72. The molecule has 92 valence electrons. The van der Waals surface area contributed by atoms with Crippen LogP contribution in [0.4, 0.5) is 5.82 Å². The van der Waals surface area contributed by atoms with E-state index in [1.807, 2.05) is 37.3 Å². The molecule has 1 N–H and O–H groups in total. The quantitative estimate of drug-likeness (QED) is 0.815. The van der Waals surface area contributed by atoms with E-state index in [1.54, 1.807) is 6.20 Å². The van der Waals surface area contributed by atoms with Crippen LogP contribution in [-0.2, 0) is 6.54 Å². The number of pyridine rings is 1. The maximum absolute atomic E-state index is 11.4. The summed E-state index contributed by atoms with van der Waals surface area (Å²) < 4.78 is 0. The monoisotopic (exact) mass is 240 g/mol. The topological polar surface area (TPSA) is 42.0 Å². The van der Waals surface area contributed by atoms with Gasteiger partial charge in [0.1, 0.15) is 5.82 Å². The minimum absolute atomic E-state index is 0.122. The normalized spacial score (nSPS) is 10.1. The van der Waals surface area contributed by atoms with Crippen molar-refractivity contribution in [3.63, 3.8) is 0 Å². The van der Waals surface area contributed by atoms with Crippen LogP contribution in [-0.4, -0.2) is 10.8 Å². The maximum Gasteiger partial charge on any atom is 0.164 e. The zero-order valence-electron chi connectivity index (χ0n) is 10.4.